The van der Waals surface area contributed by atoms with Crippen LogP contribution in [0.2, 0.25) is 0 Å². The van der Waals surface area contributed by atoms with Gasteiger partial charge in [-0.05, 0) is 79.0 Å². The lowest BCUT2D eigenvalue weighted by Gasteiger charge is -2.22. The first-order valence-electron chi connectivity index (χ1n) is 10.4. The van der Waals surface area contributed by atoms with Gasteiger partial charge in [0.25, 0.3) is 0 Å². The topological polar surface area (TPSA) is 47.7 Å². The summed E-state index contributed by atoms with van der Waals surface area (Å²) in [6.45, 7) is 6.94. The fraction of sp³-hybridized carbons (Fsp3) is 0.222. The predicted octanol–water partition coefficient (Wildman–Crippen LogP) is 7.74. The highest BCUT2D eigenvalue weighted by molar-refractivity contribution is 6.34. The van der Waals surface area contributed by atoms with Crippen LogP contribution in [0.1, 0.15) is 37.5 Å². The molecule has 144 valence electrons. The second-order valence-electron chi connectivity index (χ2n) is 7.43. The Bertz CT molecular complexity index is 1370. The Balaban J connectivity index is 0.000000645. The third-order valence-electron chi connectivity index (χ3n) is 6.19. The maximum Gasteiger partial charge on any atom is 0.0831 e. The molecule has 0 fully saturated rings. The lowest BCUT2D eigenvalue weighted by atomic mass is 9.81. The first kappa shape index (κ1) is 19.1. The highest BCUT2D eigenvalue weighted by Crippen LogP contribution is 2.44. The normalized spacial score (nSPS) is 11.1. The number of nitrogens with one attached hydrogen (secondary N) is 2. The van der Waals surface area contributed by atoms with E-state index in [2.05, 4.69) is 75.4 Å². The molecule has 0 bridgehead atoms. The van der Waals surface area contributed by atoms with Gasteiger partial charge in [0.05, 0.1) is 6.01 Å². The van der Waals surface area contributed by atoms with Gasteiger partial charge in [-0.2, -0.15) is 0 Å². The summed E-state index contributed by atoms with van der Waals surface area (Å²) in [4.78, 5) is 0. The van der Waals surface area contributed by atoms with E-state index in [1.165, 1.54) is 49.1 Å². The van der Waals surface area contributed by atoms with Gasteiger partial charge in [-0.25, -0.2) is 10.8 Å². The highest BCUT2D eigenvalue weighted by atomic mass is 14.4. The molecule has 0 aliphatic heterocycles. The minimum atomic E-state index is 1.09. The second-order valence-corrected chi connectivity index (χ2v) is 7.43. The first-order valence-corrected chi connectivity index (χ1v) is 10.4. The largest absolute Gasteiger partial charge is 0.242 e. The molecule has 5 aromatic rings. The quantitative estimate of drug-likeness (QED) is 0.183. The van der Waals surface area contributed by atoms with E-state index < -0.39 is 0 Å². The van der Waals surface area contributed by atoms with E-state index in [1.54, 1.807) is 16.7 Å². The van der Waals surface area contributed by atoms with Crippen molar-refractivity contribution in [2.45, 2.75) is 40.0 Å². The summed E-state index contributed by atoms with van der Waals surface area (Å²) in [5.74, 6) is 0. The molecule has 2 heteroatoms. The Hall–Kier alpha value is -3.22. The Morgan fingerprint density at radius 3 is 1.62 bits per heavy atom. The Labute approximate surface area is 171 Å². The molecule has 0 unspecified atom stereocenters. The van der Waals surface area contributed by atoms with Gasteiger partial charge in [0, 0.05) is 0 Å². The molecule has 0 aliphatic carbocycles. The molecular formula is C27H26N2. The van der Waals surface area contributed by atoms with Gasteiger partial charge in [0.2, 0.25) is 0 Å². The summed E-state index contributed by atoms with van der Waals surface area (Å²) in [7, 11) is 0. The van der Waals surface area contributed by atoms with Crippen LogP contribution in [-0.2, 0) is 19.3 Å². The lowest BCUT2D eigenvalue weighted by Crippen LogP contribution is -2.02. The van der Waals surface area contributed by atoms with Crippen LogP contribution in [0.5, 0.6) is 0 Å². The minimum absolute atomic E-state index is 1.09. The van der Waals surface area contributed by atoms with Crippen molar-refractivity contribution < 1.29 is 0 Å². The average Bonchev–Trinajstić information content (AvgIpc) is 2.76. The van der Waals surface area contributed by atoms with Crippen molar-refractivity contribution in [2.75, 3.05) is 0 Å². The van der Waals surface area contributed by atoms with Crippen molar-refractivity contribution in [3.63, 3.8) is 0 Å². The lowest BCUT2D eigenvalue weighted by molar-refractivity contribution is 1.00. The van der Waals surface area contributed by atoms with E-state index in [-0.39, 0.29) is 0 Å². The molecule has 0 radical (unpaired) electrons. The van der Waals surface area contributed by atoms with Gasteiger partial charge in [-0.1, -0.05) is 75.4 Å². The summed E-state index contributed by atoms with van der Waals surface area (Å²) in [6.07, 6.45) is 3.30. The summed E-state index contributed by atoms with van der Waals surface area (Å²) in [6, 6.07) is 21.7. The molecule has 0 atom stereocenters. The SMILES string of the molecule is CCc1c(CC)c2cccc3c4cccc5cccc(c(c1CC)c23)c54.N=C=N. The van der Waals surface area contributed by atoms with Crippen LogP contribution in [0.3, 0.4) is 0 Å². The standard InChI is InChI=1S/C26H24.CH2N2/c1-4-17-18(5-2)20-13-9-14-22-21-12-7-10-16-11-8-15-23(24(16)21)25(26(20)22)19(17)6-3;2-1-3/h7-15H,4-6H2,1-3H3;2-3H. The van der Waals surface area contributed by atoms with Gasteiger partial charge in [0.15, 0.2) is 0 Å². The van der Waals surface area contributed by atoms with Gasteiger partial charge in [0.1, 0.15) is 0 Å². The summed E-state index contributed by atoms with van der Waals surface area (Å²) < 4.78 is 0. The van der Waals surface area contributed by atoms with Crippen LogP contribution in [0.4, 0.5) is 0 Å². The monoisotopic (exact) mass is 378 g/mol. The molecule has 5 rings (SSSR count). The number of fused-ring (bicyclic) bond motifs is 2. The Morgan fingerprint density at radius 2 is 1.03 bits per heavy atom. The fourth-order valence-electron chi connectivity index (χ4n) is 5.24. The van der Waals surface area contributed by atoms with Gasteiger partial charge in [-0.15, -0.1) is 0 Å². The molecule has 0 saturated carbocycles. The van der Waals surface area contributed by atoms with E-state index in [0.717, 1.165) is 19.3 Å². The van der Waals surface area contributed by atoms with Crippen molar-refractivity contribution in [2.24, 2.45) is 0 Å². The van der Waals surface area contributed by atoms with Crippen LogP contribution in [0.25, 0.3) is 43.1 Å². The molecule has 29 heavy (non-hydrogen) atoms. The van der Waals surface area contributed by atoms with E-state index >= 15 is 0 Å². The smallest absolute Gasteiger partial charge is 0.0831 e. The first-order chi connectivity index (χ1) is 14.2. The Kier molecular flexibility index (Phi) is 5.05. The molecule has 0 amide bonds. The van der Waals surface area contributed by atoms with Crippen LogP contribution in [0, 0.1) is 10.8 Å². The second kappa shape index (κ2) is 7.66. The molecule has 0 aromatic heterocycles. The van der Waals surface area contributed by atoms with E-state index in [4.69, 9.17) is 10.8 Å². The molecule has 2 N–H and O–H groups in total. The van der Waals surface area contributed by atoms with Crippen LogP contribution in [-0.4, -0.2) is 6.01 Å². The van der Waals surface area contributed by atoms with Gasteiger partial charge < -0.3 is 0 Å². The maximum absolute atomic E-state index is 5.62. The van der Waals surface area contributed by atoms with Crippen molar-refractivity contribution in [3.8, 4) is 0 Å². The van der Waals surface area contributed by atoms with Crippen molar-refractivity contribution in [1.29, 1.82) is 10.8 Å². The molecule has 5 aromatic carbocycles. The Morgan fingerprint density at radius 1 is 0.552 bits per heavy atom. The number of benzene rings is 5. The predicted molar refractivity (Wildman–Crippen MR) is 126 cm³/mol. The van der Waals surface area contributed by atoms with Gasteiger partial charge in [-0.3, -0.25) is 0 Å². The fourth-order valence-corrected chi connectivity index (χ4v) is 5.24. The van der Waals surface area contributed by atoms with Crippen molar-refractivity contribution in [1.82, 2.24) is 0 Å². The summed E-state index contributed by atoms with van der Waals surface area (Å²) in [5, 5.41) is 22.7. The number of aryl methyl sites for hydroxylation is 2. The number of rotatable bonds is 3. The zero-order chi connectivity index (χ0) is 20.5. The molecular weight excluding hydrogens is 352 g/mol. The zero-order valence-corrected chi connectivity index (χ0v) is 17.3. The summed E-state index contributed by atoms with van der Waals surface area (Å²) >= 11 is 0. The van der Waals surface area contributed by atoms with E-state index in [1.807, 2.05) is 0 Å². The van der Waals surface area contributed by atoms with Gasteiger partial charge >= 0.3 is 0 Å². The molecule has 0 heterocycles. The highest BCUT2D eigenvalue weighted by Gasteiger charge is 2.19. The molecule has 0 spiro atoms. The molecule has 0 saturated heterocycles. The van der Waals surface area contributed by atoms with Crippen molar-refractivity contribution in [3.05, 3.63) is 71.3 Å². The van der Waals surface area contributed by atoms with E-state index in [0.29, 0.717) is 0 Å². The molecule has 0 aliphatic rings. The summed E-state index contributed by atoms with van der Waals surface area (Å²) in [5.41, 5.74) is 4.69. The minimum Gasteiger partial charge on any atom is -0.242 e. The van der Waals surface area contributed by atoms with Crippen LogP contribution >= 0.6 is 0 Å². The number of hydrogen-bond donors (Lipinski definition) is 2. The third kappa shape index (κ3) is 2.72. The number of hydrogen-bond acceptors (Lipinski definition) is 2. The third-order valence-corrected chi connectivity index (χ3v) is 6.19. The molecule has 2 nitrogen and oxygen atoms in total. The van der Waals surface area contributed by atoms with E-state index in [9.17, 15) is 0 Å². The maximum atomic E-state index is 5.62. The average molecular weight is 379 g/mol. The van der Waals surface area contributed by atoms with Crippen LogP contribution < -0.4 is 0 Å². The zero-order valence-electron chi connectivity index (χ0n) is 17.3. The van der Waals surface area contributed by atoms with Crippen LogP contribution in [0.15, 0.2) is 54.6 Å². The van der Waals surface area contributed by atoms with Crippen molar-refractivity contribution >= 4 is 49.1 Å².